The fraction of sp³-hybridized carbons (Fsp3) is 0.556. The Labute approximate surface area is 381 Å². The summed E-state index contributed by atoms with van der Waals surface area (Å²) in [5.74, 6) is -0.880. The number of anilines is 1. The minimum atomic E-state index is -1.17. The normalized spacial score (nSPS) is 23.1. The lowest BCUT2D eigenvalue weighted by Gasteiger charge is -2.32. The Morgan fingerprint density at radius 2 is 1.73 bits per heavy atom. The van der Waals surface area contributed by atoms with Crippen molar-refractivity contribution in [2.75, 3.05) is 5.73 Å². The lowest BCUT2D eigenvalue weighted by atomic mass is 9.80. The summed E-state index contributed by atoms with van der Waals surface area (Å²) < 4.78 is 0. The molecule has 2 aliphatic carbocycles. The maximum Gasteiger partial charge on any atom is 0.309 e. The lowest BCUT2D eigenvalue weighted by molar-refractivity contribution is -0.269. The molecular weight excluding hydrogens is 803 g/mol. The van der Waals surface area contributed by atoms with E-state index in [1.165, 1.54) is 30.9 Å². The van der Waals surface area contributed by atoms with E-state index in [1.54, 1.807) is 12.3 Å². The number of pyridine rings is 1. The monoisotopic (exact) mass is 877 g/mol. The average molecular weight is 877 g/mol. The highest BCUT2D eigenvalue weighted by Crippen LogP contribution is 2.46. The second-order valence-electron chi connectivity index (χ2n) is 19.8. The molecule has 0 amide bonds. The number of aromatic amines is 1. The number of carboxylic acids is 1. The summed E-state index contributed by atoms with van der Waals surface area (Å²) >= 11 is 0. The van der Waals surface area contributed by atoms with Crippen LogP contribution in [-0.4, -0.2) is 59.3 Å². The van der Waals surface area contributed by atoms with Gasteiger partial charge in [0.15, 0.2) is 0 Å². The van der Waals surface area contributed by atoms with Crippen LogP contribution in [0, 0.1) is 35.5 Å². The average Bonchev–Trinajstić information content (AvgIpc) is 3.83. The number of benzene rings is 2. The summed E-state index contributed by atoms with van der Waals surface area (Å²) in [6.07, 6.45) is 18.0. The largest absolute Gasteiger partial charge is 0.872 e. The Morgan fingerprint density at radius 3 is 2.47 bits per heavy atom. The predicted molar refractivity (Wildman–Crippen MR) is 253 cm³/mol. The molecule has 2 heterocycles. The first-order valence-corrected chi connectivity index (χ1v) is 24.2. The van der Waals surface area contributed by atoms with E-state index in [9.17, 15) is 35.4 Å². The number of aliphatic carboxylic acids is 1. The van der Waals surface area contributed by atoms with Gasteiger partial charge < -0.3 is 41.4 Å². The number of allylic oxidation sites excluding steroid dienone is 1. The van der Waals surface area contributed by atoms with Crippen molar-refractivity contribution < 1.29 is 35.4 Å². The molecule has 4 aromatic rings. The molecule has 64 heavy (non-hydrogen) atoms. The van der Waals surface area contributed by atoms with Crippen molar-refractivity contribution in [3.63, 3.8) is 0 Å². The second-order valence-corrected chi connectivity index (χ2v) is 19.8. The predicted octanol–water partition coefficient (Wildman–Crippen LogP) is 9.70. The van der Waals surface area contributed by atoms with E-state index in [2.05, 4.69) is 55.0 Å². The van der Waals surface area contributed by atoms with Gasteiger partial charge in [0.2, 0.25) is 0 Å². The number of phenolic OH excluding ortho intramolecular Hbond substituents is 1. The number of nitrogens with one attached hydrogen (secondary N) is 1. The number of aromatic nitrogens is 2. The summed E-state index contributed by atoms with van der Waals surface area (Å²) in [5, 5.41) is 69.1. The fourth-order valence-electron chi connectivity index (χ4n) is 10.8. The maximum atomic E-state index is 13.5. The Balaban J connectivity index is 1.11. The number of carboxylic acid groups (broad SMARTS) is 1. The zero-order valence-corrected chi connectivity index (χ0v) is 38.4. The van der Waals surface area contributed by atoms with Gasteiger partial charge in [-0.15, -0.1) is 5.75 Å². The molecule has 2 aromatic carbocycles. The second kappa shape index (κ2) is 23.0. The number of hydrogen-bond donors (Lipinski definition) is 7. The summed E-state index contributed by atoms with van der Waals surface area (Å²) in [7, 11) is 0. The smallest absolute Gasteiger partial charge is 0.309 e. The van der Waals surface area contributed by atoms with Crippen molar-refractivity contribution >= 4 is 11.8 Å². The van der Waals surface area contributed by atoms with Gasteiger partial charge in [0.1, 0.15) is 11.6 Å². The molecule has 8 N–H and O–H groups in total. The molecule has 348 valence electrons. The van der Waals surface area contributed by atoms with Crippen LogP contribution < -0.4 is 10.8 Å². The number of nitrogens with zero attached hydrogens (tertiary/aromatic N) is 1. The quantitative estimate of drug-likeness (QED) is 0.0265. The summed E-state index contributed by atoms with van der Waals surface area (Å²) in [4.78, 5) is 20.2. The van der Waals surface area contributed by atoms with Gasteiger partial charge in [0, 0.05) is 29.1 Å². The minimum absolute atomic E-state index is 0.0962. The van der Waals surface area contributed by atoms with E-state index < -0.39 is 23.6 Å². The van der Waals surface area contributed by atoms with Crippen molar-refractivity contribution in [2.24, 2.45) is 35.5 Å². The summed E-state index contributed by atoms with van der Waals surface area (Å²) in [6.45, 7) is 6.56. The molecule has 0 bridgehead atoms. The molecule has 10 nitrogen and oxygen atoms in total. The molecule has 6 rings (SSSR count). The van der Waals surface area contributed by atoms with E-state index in [1.807, 2.05) is 36.4 Å². The van der Waals surface area contributed by atoms with E-state index in [4.69, 9.17) is 5.73 Å². The Bertz CT molecular complexity index is 2130. The SMILES string of the molecule is CCCCCC1C=CC(CCCCCC(C(=O)O)C(O)CCC2(O)CC(Cc3ccnc(N)c3)CC2Cc2ccc(-c3cc(O)cc([O-])c3Cc3ccccc3CC(C)C)[nH]2)C(O)C1. The van der Waals surface area contributed by atoms with Gasteiger partial charge >= 0.3 is 5.97 Å². The highest BCUT2D eigenvalue weighted by Gasteiger charge is 2.46. The standard InChI is InChI=1S/C54H75N3O7/c1-4-5-7-12-36-17-18-39(50(60)28-36)13-8-6-9-16-45(53(62)63)49(59)21-23-54(64)34-38(26-37-22-24-56-52(55)29-37)27-42(54)31-43-19-20-48(57-43)46-32-44(58)33-51(61)47(46)30-41-15-11-10-14-40(41)25-35(2)3/h10-11,14-15,17-20,22,24,29,32-33,35-36,38-39,42,45,49-50,57-61,64H,4-9,12-13,16,21,23,25-28,30-31,34H2,1-3H3,(H2,55,56)(H,62,63)/p-1. The third-order valence-electron chi connectivity index (χ3n) is 14.3. The van der Waals surface area contributed by atoms with Crippen LogP contribution in [0.1, 0.15) is 139 Å². The van der Waals surface area contributed by atoms with Gasteiger partial charge in [-0.05, 0) is 159 Å². The molecule has 0 saturated heterocycles. The summed E-state index contributed by atoms with van der Waals surface area (Å²) in [5.41, 5.74) is 11.0. The van der Waals surface area contributed by atoms with Crippen LogP contribution >= 0.6 is 0 Å². The third kappa shape index (κ3) is 13.5. The number of nitrogens with two attached hydrogens (primary N) is 1. The molecule has 2 aromatic heterocycles. The van der Waals surface area contributed by atoms with Gasteiger partial charge in [-0.3, -0.25) is 4.79 Å². The van der Waals surface area contributed by atoms with Crippen LogP contribution in [0.3, 0.4) is 0 Å². The Hall–Kier alpha value is -4.64. The number of hydrogen-bond acceptors (Lipinski definition) is 8. The molecule has 1 saturated carbocycles. The molecule has 0 spiro atoms. The summed E-state index contributed by atoms with van der Waals surface area (Å²) in [6, 6.07) is 18.8. The third-order valence-corrected chi connectivity index (χ3v) is 14.3. The topological polar surface area (TPSA) is 196 Å². The first kappa shape index (κ1) is 48.8. The zero-order valence-electron chi connectivity index (χ0n) is 38.4. The van der Waals surface area contributed by atoms with E-state index in [0.717, 1.165) is 55.3 Å². The number of phenols is 1. The fourth-order valence-corrected chi connectivity index (χ4v) is 10.8. The van der Waals surface area contributed by atoms with Crippen molar-refractivity contribution in [2.45, 2.75) is 154 Å². The minimum Gasteiger partial charge on any atom is -0.872 e. The van der Waals surface area contributed by atoms with E-state index in [0.29, 0.717) is 79.4 Å². The number of aliphatic hydroxyl groups is 3. The Kier molecular flexibility index (Phi) is 17.5. The zero-order chi connectivity index (χ0) is 45.8. The van der Waals surface area contributed by atoms with Crippen molar-refractivity contribution in [3.05, 3.63) is 107 Å². The highest BCUT2D eigenvalue weighted by atomic mass is 16.4. The Morgan fingerprint density at radius 1 is 0.953 bits per heavy atom. The van der Waals surface area contributed by atoms with Crippen LogP contribution in [0.25, 0.3) is 11.3 Å². The molecule has 2 aliphatic rings. The van der Waals surface area contributed by atoms with Crippen LogP contribution in [-0.2, 0) is 30.5 Å². The van der Waals surface area contributed by atoms with Gasteiger partial charge in [-0.25, -0.2) is 4.98 Å². The van der Waals surface area contributed by atoms with Crippen molar-refractivity contribution in [1.29, 1.82) is 0 Å². The van der Waals surface area contributed by atoms with Crippen molar-refractivity contribution in [1.82, 2.24) is 9.97 Å². The molecule has 0 aliphatic heterocycles. The maximum absolute atomic E-state index is 13.5. The molecular formula is C54H74N3O7-. The lowest BCUT2D eigenvalue weighted by Crippen LogP contribution is -2.37. The molecule has 8 atom stereocenters. The highest BCUT2D eigenvalue weighted by molar-refractivity contribution is 5.71. The number of unbranched alkanes of at least 4 members (excludes halogenated alkanes) is 4. The molecule has 1 fully saturated rings. The van der Waals surface area contributed by atoms with Crippen LogP contribution in [0.4, 0.5) is 5.82 Å². The number of carbonyl (C=O) groups is 1. The number of aromatic hydroxyl groups is 1. The van der Waals surface area contributed by atoms with Crippen LogP contribution in [0.5, 0.6) is 11.5 Å². The van der Waals surface area contributed by atoms with E-state index >= 15 is 0 Å². The van der Waals surface area contributed by atoms with Crippen LogP contribution in [0.15, 0.2) is 79.0 Å². The van der Waals surface area contributed by atoms with Gasteiger partial charge in [0.05, 0.1) is 23.7 Å². The van der Waals surface area contributed by atoms with Gasteiger partial charge in [-0.1, -0.05) is 95.7 Å². The molecule has 8 unspecified atom stereocenters. The molecule has 10 heteroatoms. The van der Waals surface area contributed by atoms with Gasteiger partial charge in [0.25, 0.3) is 0 Å². The van der Waals surface area contributed by atoms with Gasteiger partial charge in [-0.2, -0.15) is 0 Å². The first-order chi connectivity index (χ1) is 30.7. The first-order valence-electron chi connectivity index (χ1n) is 24.2. The number of H-pyrrole nitrogens is 1. The van der Waals surface area contributed by atoms with E-state index in [-0.39, 0.29) is 48.2 Å². The van der Waals surface area contributed by atoms with Crippen molar-refractivity contribution in [3.8, 4) is 22.8 Å². The van der Waals surface area contributed by atoms with Crippen LogP contribution in [0.2, 0.25) is 0 Å². The molecule has 0 radical (unpaired) electrons. The number of rotatable bonds is 24. The number of aliphatic hydroxyl groups excluding tert-OH is 2. The number of nitrogen functional groups attached to an aromatic ring is 1.